The number of amides is 2. The van der Waals surface area contributed by atoms with E-state index >= 15 is 0 Å². The summed E-state index contributed by atoms with van der Waals surface area (Å²) in [6, 6.07) is 16.5. The lowest BCUT2D eigenvalue weighted by Crippen LogP contribution is -3.15. The predicted octanol–water partition coefficient (Wildman–Crippen LogP) is 1.84. The van der Waals surface area contributed by atoms with Crippen LogP contribution in [0.4, 0.5) is 5.69 Å². The van der Waals surface area contributed by atoms with Crippen molar-refractivity contribution in [3.8, 4) is 0 Å². The van der Waals surface area contributed by atoms with Gasteiger partial charge in [-0.25, -0.2) is 0 Å². The molecule has 0 saturated heterocycles. The molecule has 0 heterocycles. The quantitative estimate of drug-likeness (QED) is 0.777. The number of benzene rings is 2. The van der Waals surface area contributed by atoms with Gasteiger partial charge in [-0.15, -0.1) is 0 Å². The van der Waals surface area contributed by atoms with E-state index in [4.69, 9.17) is 11.6 Å². The van der Waals surface area contributed by atoms with Crippen LogP contribution in [0.3, 0.4) is 0 Å². The van der Waals surface area contributed by atoms with Crippen LogP contribution in [-0.4, -0.2) is 43.4 Å². The molecule has 2 aromatic carbocycles. The van der Waals surface area contributed by atoms with Crippen LogP contribution in [0, 0.1) is 0 Å². The molecule has 138 valence electrons. The minimum absolute atomic E-state index is 0.00523. The summed E-state index contributed by atoms with van der Waals surface area (Å²) in [5, 5.41) is 3.44. The Morgan fingerprint density at radius 3 is 2.35 bits per heavy atom. The Kier molecular flexibility index (Phi) is 7.18. The smallest absolute Gasteiger partial charge is 0.280 e. The van der Waals surface area contributed by atoms with Gasteiger partial charge in [0.15, 0.2) is 12.6 Å². The molecule has 2 rings (SSSR count). The first-order chi connectivity index (χ1) is 12.4. The van der Waals surface area contributed by atoms with Crippen molar-refractivity contribution in [3.63, 3.8) is 0 Å². The number of hydrogen-bond donors (Lipinski definition) is 2. The summed E-state index contributed by atoms with van der Waals surface area (Å²) >= 11 is 5.84. The average Bonchev–Trinajstić information content (AvgIpc) is 2.63. The Morgan fingerprint density at radius 1 is 1.12 bits per heavy atom. The number of nitrogens with one attached hydrogen (secondary N) is 2. The zero-order chi connectivity index (χ0) is 19.1. The number of nitrogens with zero attached hydrogens (tertiary/aromatic N) is 1. The summed E-state index contributed by atoms with van der Waals surface area (Å²) in [5.41, 5.74) is 1.76. The van der Waals surface area contributed by atoms with Crippen molar-refractivity contribution < 1.29 is 14.5 Å². The fraction of sp³-hybridized carbons (Fsp3) is 0.300. The summed E-state index contributed by atoms with van der Waals surface area (Å²) in [6.07, 6.45) is 0. The molecular formula is C20H25ClN3O2+. The van der Waals surface area contributed by atoms with Gasteiger partial charge in [-0.2, -0.15) is 0 Å². The average molecular weight is 375 g/mol. The molecule has 2 N–H and O–H groups in total. The monoisotopic (exact) mass is 374 g/mol. The van der Waals surface area contributed by atoms with Crippen LogP contribution in [0.1, 0.15) is 12.5 Å². The highest BCUT2D eigenvalue weighted by molar-refractivity contribution is 6.30. The van der Waals surface area contributed by atoms with E-state index in [0.29, 0.717) is 17.3 Å². The van der Waals surface area contributed by atoms with E-state index in [-0.39, 0.29) is 24.4 Å². The number of anilines is 1. The summed E-state index contributed by atoms with van der Waals surface area (Å²) in [5.74, 6) is -0.138. The van der Waals surface area contributed by atoms with Crippen molar-refractivity contribution in [2.24, 2.45) is 0 Å². The standard InChI is InChI=1S/C20H24ClN3O2/c1-15(20(26)24(3)13-16-7-5-4-6-8-16)23(2)14-19(25)22-18-11-9-17(21)10-12-18/h4-12,15H,13-14H2,1-3H3,(H,22,25)/p+1/t15-/m0/s1. The van der Waals surface area contributed by atoms with Crippen molar-refractivity contribution in [2.45, 2.75) is 19.5 Å². The first-order valence-corrected chi connectivity index (χ1v) is 8.91. The van der Waals surface area contributed by atoms with Gasteiger partial charge in [0.1, 0.15) is 0 Å². The molecule has 0 fully saturated rings. The molecule has 5 nitrogen and oxygen atoms in total. The lowest BCUT2D eigenvalue weighted by Gasteiger charge is -2.25. The second-order valence-corrected chi connectivity index (χ2v) is 6.92. The molecule has 2 atom stereocenters. The number of hydrogen-bond acceptors (Lipinski definition) is 2. The van der Waals surface area contributed by atoms with E-state index in [0.717, 1.165) is 10.5 Å². The summed E-state index contributed by atoms with van der Waals surface area (Å²) in [4.78, 5) is 27.4. The number of carbonyl (C=O) groups excluding carboxylic acids is 2. The van der Waals surface area contributed by atoms with Gasteiger partial charge in [-0.3, -0.25) is 9.59 Å². The number of carbonyl (C=O) groups is 2. The molecule has 0 radical (unpaired) electrons. The molecular weight excluding hydrogens is 350 g/mol. The van der Waals surface area contributed by atoms with Crippen LogP contribution in [0.15, 0.2) is 54.6 Å². The molecule has 0 spiro atoms. The SMILES string of the molecule is C[C@@H](C(=O)N(C)Cc1ccccc1)[NH+](C)CC(=O)Nc1ccc(Cl)cc1. The van der Waals surface area contributed by atoms with Gasteiger partial charge in [0, 0.05) is 24.3 Å². The Hall–Kier alpha value is -2.37. The van der Waals surface area contributed by atoms with Crippen LogP contribution in [0.25, 0.3) is 0 Å². The second-order valence-electron chi connectivity index (χ2n) is 6.48. The van der Waals surface area contributed by atoms with Gasteiger partial charge in [0.05, 0.1) is 7.05 Å². The maximum Gasteiger partial charge on any atom is 0.280 e. The zero-order valence-corrected chi connectivity index (χ0v) is 16.1. The highest BCUT2D eigenvalue weighted by atomic mass is 35.5. The lowest BCUT2D eigenvalue weighted by molar-refractivity contribution is -0.886. The second kappa shape index (κ2) is 9.36. The molecule has 2 aromatic rings. The minimum atomic E-state index is -0.320. The van der Waals surface area contributed by atoms with Gasteiger partial charge < -0.3 is 15.1 Å². The highest BCUT2D eigenvalue weighted by Gasteiger charge is 2.26. The summed E-state index contributed by atoms with van der Waals surface area (Å²) in [7, 11) is 3.63. The third kappa shape index (κ3) is 5.86. The van der Waals surface area contributed by atoms with E-state index in [9.17, 15) is 9.59 Å². The topological polar surface area (TPSA) is 53.9 Å². The summed E-state index contributed by atoms with van der Waals surface area (Å²) in [6.45, 7) is 2.59. The van der Waals surface area contributed by atoms with Crippen LogP contribution in [-0.2, 0) is 16.1 Å². The third-order valence-electron chi connectivity index (χ3n) is 4.32. The Balaban J connectivity index is 1.86. The molecule has 0 bridgehead atoms. The molecule has 26 heavy (non-hydrogen) atoms. The number of halogens is 1. The van der Waals surface area contributed by atoms with Gasteiger partial charge in [0.25, 0.3) is 11.8 Å². The molecule has 0 aliphatic carbocycles. The van der Waals surface area contributed by atoms with Crippen molar-refractivity contribution in [1.82, 2.24) is 4.90 Å². The Labute approximate surface area is 159 Å². The third-order valence-corrected chi connectivity index (χ3v) is 4.57. The Bertz CT molecular complexity index is 734. The van der Waals surface area contributed by atoms with E-state index in [1.165, 1.54) is 0 Å². The van der Waals surface area contributed by atoms with E-state index in [1.807, 2.05) is 44.3 Å². The molecule has 0 aliphatic heterocycles. The number of likely N-dealkylation sites (N-methyl/N-ethyl adjacent to an activating group) is 2. The molecule has 6 heteroatoms. The van der Waals surface area contributed by atoms with Crippen LogP contribution in [0.2, 0.25) is 5.02 Å². The van der Waals surface area contributed by atoms with Crippen molar-refractivity contribution in [1.29, 1.82) is 0 Å². The molecule has 2 amide bonds. The van der Waals surface area contributed by atoms with Gasteiger partial charge in [-0.1, -0.05) is 41.9 Å². The summed E-state index contributed by atoms with van der Waals surface area (Å²) < 4.78 is 0. The van der Waals surface area contributed by atoms with Crippen LogP contribution >= 0.6 is 11.6 Å². The molecule has 1 unspecified atom stereocenters. The van der Waals surface area contributed by atoms with E-state index in [1.54, 1.807) is 36.2 Å². The normalized spacial score (nSPS) is 12.9. The van der Waals surface area contributed by atoms with E-state index < -0.39 is 0 Å². The maximum atomic E-state index is 12.6. The largest absolute Gasteiger partial charge is 0.336 e. The minimum Gasteiger partial charge on any atom is -0.336 e. The van der Waals surface area contributed by atoms with Crippen LogP contribution < -0.4 is 10.2 Å². The highest BCUT2D eigenvalue weighted by Crippen LogP contribution is 2.12. The molecule has 0 aliphatic rings. The number of quaternary nitrogens is 1. The van der Waals surface area contributed by atoms with Gasteiger partial charge in [-0.05, 0) is 36.8 Å². The molecule has 0 saturated carbocycles. The lowest BCUT2D eigenvalue weighted by atomic mass is 10.2. The Morgan fingerprint density at radius 2 is 1.73 bits per heavy atom. The van der Waals surface area contributed by atoms with Crippen molar-refractivity contribution in [2.75, 3.05) is 26.0 Å². The fourth-order valence-corrected chi connectivity index (χ4v) is 2.75. The van der Waals surface area contributed by atoms with Gasteiger partial charge in [0.2, 0.25) is 0 Å². The first kappa shape index (κ1) is 19.9. The van der Waals surface area contributed by atoms with E-state index in [2.05, 4.69) is 5.32 Å². The zero-order valence-electron chi connectivity index (χ0n) is 15.3. The van der Waals surface area contributed by atoms with Gasteiger partial charge >= 0.3 is 0 Å². The maximum absolute atomic E-state index is 12.6. The predicted molar refractivity (Wildman–Crippen MR) is 104 cm³/mol. The molecule has 0 aromatic heterocycles. The van der Waals surface area contributed by atoms with Crippen molar-refractivity contribution in [3.05, 3.63) is 65.2 Å². The van der Waals surface area contributed by atoms with Crippen molar-refractivity contribution >= 4 is 29.1 Å². The number of rotatable bonds is 7. The van der Waals surface area contributed by atoms with Crippen LogP contribution in [0.5, 0.6) is 0 Å². The first-order valence-electron chi connectivity index (χ1n) is 8.53. The fourth-order valence-electron chi connectivity index (χ4n) is 2.62.